The van der Waals surface area contributed by atoms with E-state index >= 15 is 0 Å². The minimum absolute atomic E-state index is 0.0545. The van der Waals surface area contributed by atoms with Crippen molar-refractivity contribution in [2.75, 3.05) is 18.6 Å². The van der Waals surface area contributed by atoms with Gasteiger partial charge in [0.15, 0.2) is 4.80 Å². The van der Waals surface area contributed by atoms with E-state index in [0.717, 1.165) is 10.6 Å². The van der Waals surface area contributed by atoms with Crippen molar-refractivity contribution in [3.8, 4) is 0 Å². The zero-order valence-corrected chi connectivity index (χ0v) is 19.5. The SMILES string of the molecule is C=CCOC(=O)C1=C(C)N=c2s/c(=C3/C(=O)N(C)c4ccccc43)c(=O)n2C1c1cccs1. The number of aromatic nitrogens is 1. The lowest BCUT2D eigenvalue weighted by Crippen LogP contribution is -2.40. The number of amides is 1. The maximum atomic E-state index is 13.8. The molecule has 33 heavy (non-hydrogen) atoms. The summed E-state index contributed by atoms with van der Waals surface area (Å²) in [6.45, 7) is 5.37. The van der Waals surface area contributed by atoms with Gasteiger partial charge in [0.05, 0.1) is 22.5 Å². The molecule has 1 aromatic carbocycles. The molecule has 0 saturated carbocycles. The number of likely N-dealkylation sites (N-methyl/N-ethyl adjacent to an activating group) is 1. The Bertz CT molecular complexity index is 1530. The third-order valence-corrected chi connectivity index (χ3v) is 7.62. The van der Waals surface area contributed by atoms with Crippen LogP contribution in [0, 0.1) is 0 Å². The highest BCUT2D eigenvalue weighted by Gasteiger charge is 2.36. The Labute approximate surface area is 196 Å². The molecule has 1 amide bonds. The van der Waals surface area contributed by atoms with Crippen molar-refractivity contribution in [3.63, 3.8) is 0 Å². The van der Waals surface area contributed by atoms with E-state index in [1.165, 1.54) is 33.3 Å². The number of hydrogen-bond donors (Lipinski definition) is 0. The average molecular weight is 478 g/mol. The van der Waals surface area contributed by atoms with E-state index in [0.29, 0.717) is 31.7 Å². The van der Waals surface area contributed by atoms with E-state index in [1.54, 1.807) is 18.9 Å². The van der Waals surface area contributed by atoms with Crippen molar-refractivity contribution in [2.24, 2.45) is 4.99 Å². The van der Waals surface area contributed by atoms with Crippen molar-refractivity contribution >= 4 is 45.8 Å². The molecule has 2 aliphatic rings. The monoisotopic (exact) mass is 477 g/mol. The molecule has 5 rings (SSSR count). The molecular weight excluding hydrogens is 458 g/mol. The smallest absolute Gasteiger partial charge is 0.338 e. The third kappa shape index (κ3) is 3.23. The first-order valence-corrected chi connectivity index (χ1v) is 11.9. The number of carbonyl (C=O) groups excluding carboxylic acids is 2. The minimum atomic E-state index is -0.683. The summed E-state index contributed by atoms with van der Waals surface area (Å²) < 4.78 is 7.14. The lowest BCUT2D eigenvalue weighted by molar-refractivity contribution is -0.138. The third-order valence-electron chi connectivity index (χ3n) is 5.64. The van der Waals surface area contributed by atoms with Gasteiger partial charge in [-0.05, 0) is 24.4 Å². The Morgan fingerprint density at radius 2 is 2.03 bits per heavy atom. The van der Waals surface area contributed by atoms with Crippen LogP contribution in [0.5, 0.6) is 0 Å². The molecule has 3 aromatic rings. The van der Waals surface area contributed by atoms with Gasteiger partial charge >= 0.3 is 5.97 Å². The maximum absolute atomic E-state index is 13.8. The highest BCUT2D eigenvalue weighted by molar-refractivity contribution is 7.10. The molecule has 9 heteroatoms. The summed E-state index contributed by atoms with van der Waals surface area (Å²) in [7, 11) is 1.69. The predicted octanol–water partition coefficient (Wildman–Crippen LogP) is 2.37. The zero-order valence-electron chi connectivity index (χ0n) is 17.9. The molecule has 0 bridgehead atoms. The van der Waals surface area contributed by atoms with Crippen molar-refractivity contribution < 1.29 is 14.3 Å². The molecule has 0 spiro atoms. The first-order chi connectivity index (χ1) is 15.9. The van der Waals surface area contributed by atoms with Crippen molar-refractivity contribution in [3.05, 3.63) is 95.8 Å². The number of rotatable bonds is 4. The van der Waals surface area contributed by atoms with Gasteiger partial charge in [0, 0.05) is 17.5 Å². The number of carbonyl (C=O) groups is 2. The first kappa shape index (κ1) is 21.3. The van der Waals surface area contributed by atoms with Gasteiger partial charge in [-0.25, -0.2) is 9.79 Å². The summed E-state index contributed by atoms with van der Waals surface area (Å²) in [4.78, 5) is 47.2. The van der Waals surface area contributed by atoms with E-state index in [9.17, 15) is 14.4 Å². The average Bonchev–Trinajstić information content (AvgIpc) is 3.50. The Kier molecular flexibility index (Phi) is 5.22. The van der Waals surface area contributed by atoms with Gasteiger partial charge in [-0.15, -0.1) is 11.3 Å². The molecule has 1 unspecified atom stereocenters. The number of anilines is 1. The highest BCUT2D eigenvalue weighted by atomic mass is 32.1. The standard InChI is InChI=1S/C24H19N3O4S2/c1-4-11-31-23(30)17-13(2)25-24-27(19(17)16-10-7-12-32-16)22(29)20(33-24)18-14-8-5-6-9-15(14)26(3)21(18)28/h4-10,12,19H,1,11H2,2-3H3/b20-18+. The number of benzene rings is 1. The second kappa shape index (κ2) is 8.09. The van der Waals surface area contributed by atoms with Crippen LogP contribution < -0.4 is 19.8 Å². The lowest BCUT2D eigenvalue weighted by Gasteiger charge is -2.23. The fourth-order valence-corrected chi connectivity index (χ4v) is 6.11. The van der Waals surface area contributed by atoms with Crippen LogP contribution in [0.25, 0.3) is 5.57 Å². The molecule has 7 nitrogen and oxygen atoms in total. The molecule has 0 N–H and O–H groups in total. The van der Waals surface area contributed by atoms with E-state index in [4.69, 9.17) is 4.74 Å². The molecule has 4 heterocycles. The molecular formula is C24H19N3O4S2. The second-order valence-electron chi connectivity index (χ2n) is 7.56. The molecule has 0 aliphatic carbocycles. The van der Waals surface area contributed by atoms with Crippen LogP contribution in [0.15, 0.2) is 75.5 Å². The molecule has 0 fully saturated rings. The first-order valence-electron chi connectivity index (χ1n) is 10.2. The van der Waals surface area contributed by atoms with Crippen LogP contribution in [0.2, 0.25) is 0 Å². The molecule has 0 saturated heterocycles. The number of ether oxygens (including phenoxy) is 1. The molecule has 2 aromatic heterocycles. The fourth-order valence-electron chi connectivity index (χ4n) is 4.15. The summed E-state index contributed by atoms with van der Waals surface area (Å²) in [5.74, 6) is -0.787. The fraction of sp³-hybridized carbons (Fsp3) is 0.167. The molecule has 0 radical (unpaired) electrons. The Morgan fingerprint density at radius 1 is 1.24 bits per heavy atom. The largest absolute Gasteiger partial charge is 0.458 e. The number of fused-ring (bicyclic) bond motifs is 2. The second-order valence-corrected chi connectivity index (χ2v) is 9.52. The summed E-state index contributed by atoms with van der Waals surface area (Å²) in [5.41, 5.74) is 2.26. The van der Waals surface area contributed by atoms with Crippen molar-refractivity contribution in [1.82, 2.24) is 4.57 Å². The minimum Gasteiger partial charge on any atom is -0.458 e. The van der Waals surface area contributed by atoms with E-state index in [-0.39, 0.29) is 18.1 Å². The normalized spacial score (nSPS) is 18.7. The van der Waals surface area contributed by atoms with Crippen LogP contribution in [0.3, 0.4) is 0 Å². The number of hydrogen-bond acceptors (Lipinski definition) is 7. The summed E-state index contributed by atoms with van der Waals surface area (Å²) in [6, 6.07) is 10.4. The number of esters is 1. The maximum Gasteiger partial charge on any atom is 0.338 e. The molecule has 2 aliphatic heterocycles. The topological polar surface area (TPSA) is 81.0 Å². The predicted molar refractivity (Wildman–Crippen MR) is 128 cm³/mol. The van der Waals surface area contributed by atoms with Crippen molar-refractivity contribution in [1.29, 1.82) is 0 Å². The van der Waals surface area contributed by atoms with Crippen LogP contribution in [-0.2, 0) is 14.3 Å². The van der Waals surface area contributed by atoms with Gasteiger partial charge in [0.25, 0.3) is 11.5 Å². The lowest BCUT2D eigenvalue weighted by atomic mass is 10.0. The van der Waals surface area contributed by atoms with Crippen LogP contribution in [0.4, 0.5) is 5.69 Å². The number of thiazole rings is 1. The van der Waals surface area contributed by atoms with Gasteiger partial charge in [-0.1, -0.05) is 48.3 Å². The van der Waals surface area contributed by atoms with Crippen molar-refractivity contribution in [2.45, 2.75) is 13.0 Å². The van der Waals surface area contributed by atoms with Gasteiger partial charge < -0.3 is 9.64 Å². The van der Waals surface area contributed by atoms with Gasteiger partial charge in [-0.3, -0.25) is 14.2 Å². The highest BCUT2D eigenvalue weighted by Crippen LogP contribution is 2.35. The quantitative estimate of drug-likeness (QED) is 0.427. The summed E-state index contributed by atoms with van der Waals surface area (Å²) in [5, 5.41) is 1.89. The van der Waals surface area contributed by atoms with Crippen LogP contribution in [-0.4, -0.2) is 30.1 Å². The Balaban J connectivity index is 1.80. The summed E-state index contributed by atoms with van der Waals surface area (Å²) in [6.07, 6.45) is 1.49. The van der Waals surface area contributed by atoms with E-state index < -0.39 is 12.0 Å². The molecule has 166 valence electrons. The van der Waals surface area contributed by atoms with E-state index in [1.807, 2.05) is 41.8 Å². The number of nitrogens with zero attached hydrogens (tertiary/aromatic N) is 3. The van der Waals surface area contributed by atoms with Crippen LogP contribution >= 0.6 is 22.7 Å². The van der Waals surface area contributed by atoms with Crippen LogP contribution in [0.1, 0.15) is 23.4 Å². The van der Waals surface area contributed by atoms with Gasteiger partial charge in [-0.2, -0.15) is 0 Å². The zero-order chi connectivity index (χ0) is 23.3. The van der Waals surface area contributed by atoms with Gasteiger partial charge in [0.2, 0.25) is 0 Å². The Hall–Kier alpha value is -3.56. The summed E-state index contributed by atoms with van der Waals surface area (Å²) >= 11 is 2.61. The van der Waals surface area contributed by atoms with Gasteiger partial charge in [0.1, 0.15) is 17.2 Å². The van der Waals surface area contributed by atoms with E-state index in [2.05, 4.69) is 11.6 Å². The number of allylic oxidation sites excluding steroid dienone is 1. The Morgan fingerprint density at radius 3 is 2.76 bits per heavy atom. The molecule has 1 atom stereocenters. The number of thiophene rings is 1. The number of para-hydroxylation sites is 1.